The van der Waals surface area contributed by atoms with Gasteiger partial charge < -0.3 is 15.2 Å². The fourth-order valence-electron chi connectivity index (χ4n) is 2.19. The molecule has 0 radical (unpaired) electrons. The summed E-state index contributed by atoms with van der Waals surface area (Å²) in [5, 5.41) is 1.57. The van der Waals surface area contributed by atoms with E-state index in [-0.39, 0.29) is 12.2 Å². The quantitative estimate of drug-likeness (QED) is 0.861. The Morgan fingerprint density at radius 3 is 2.62 bits per heavy atom. The Labute approximate surface area is 120 Å². The van der Waals surface area contributed by atoms with Gasteiger partial charge in [-0.25, -0.2) is 0 Å². The van der Waals surface area contributed by atoms with Gasteiger partial charge in [-0.3, -0.25) is 4.79 Å². The smallest absolute Gasteiger partial charge is 0.387 e. The van der Waals surface area contributed by atoms with Crippen LogP contribution >= 0.6 is 0 Å². The van der Waals surface area contributed by atoms with Crippen LogP contribution in [0.15, 0.2) is 36.4 Å². The molecule has 112 valence electrons. The number of nitrogens with two attached hydrogens (primary N) is 1. The normalized spacial score (nSPS) is 12.4. The van der Waals surface area contributed by atoms with E-state index in [9.17, 15) is 13.6 Å². The lowest BCUT2D eigenvalue weighted by Gasteiger charge is -2.16. The van der Waals surface area contributed by atoms with Crippen molar-refractivity contribution in [3.05, 3.63) is 42.0 Å². The lowest BCUT2D eigenvalue weighted by Crippen LogP contribution is -2.33. The summed E-state index contributed by atoms with van der Waals surface area (Å²) in [6, 6.07) is 9.41. The van der Waals surface area contributed by atoms with Gasteiger partial charge in [-0.05, 0) is 16.8 Å². The number of fused-ring (bicyclic) bond motifs is 1. The molecule has 0 aliphatic heterocycles. The summed E-state index contributed by atoms with van der Waals surface area (Å²) in [6.07, 6.45) is 0.0517. The first-order valence-electron chi connectivity index (χ1n) is 6.31. The lowest BCUT2D eigenvalue weighted by molar-refractivity contribution is -0.142. The second-order valence-electron chi connectivity index (χ2n) is 4.48. The van der Waals surface area contributed by atoms with Crippen molar-refractivity contribution in [2.24, 2.45) is 5.73 Å². The fourth-order valence-corrected chi connectivity index (χ4v) is 2.19. The van der Waals surface area contributed by atoms with Gasteiger partial charge >= 0.3 is 12.6 Å². The number of benzene rings is 2. The SMILES string of the molecule is COC(=O)C(N)Cc1c(OC(F)F)ccc2ccccc12. The number of carbonyl (C=O) groups is 1. The number of methoxy groups -OCH3 is 1. The molecule has 0 aliphatic rings. The summed E-state index contributed by atoms with van der Waals surface area (Å²) in [5.74, 6) is -0.589. The van der Waals surface area contributed by atoms with Crippen LogP contribution in [0.5, 0.6) is 5.75 Å². The van der Waals surface area contributed by atoms with Crippen molar-refractivity contribution in [2.75, 3.05) is 7.11 Å². The van der Waals surface area contributed by atoms with E-state index in [1.165, 1.54) is 13.2 Å². The molecule has 0 bridgehead atoms. The average Bonchev–Trinajstić information content (AvgIpc) is 2.48. The topological polar surface area (TPSA) is 61.5 Å². The first-order chi connectivity index (χ1) is 10.0. The zero-order valence-corrected chi connectivity index (χ0v) is 11.4. The maximum Gasteiger partial charge on any atom is 0.387 e. The molecular formula is C15H15F2NO3. The Kier molecular flexibility index (Phi) is 4.70. The first kappa shape index (κ1) is 15.2. The molecule has 0 amide bonds. The molecule has 1 unspecified atom stereocenters. The maximum atomic E-state index is 12.5. The van der Waals surface area contributed by atoms with Gasteiger partial charge in [0.05, 0.1) is 7.11 Å². The van der Waals surface area contributed by atoms with Gasteiger partial charge in [0.1, 0.15) is 11.8 Å². The summed E-state index contributed by atoms with van der Waals surface area (Å²) in [5.41, 5.74) is 6.20. The number of alkyl halides is 2. The summed E-state index contributed by atoms with van der Waals surface area (Å²) in [7, 11) is 1.22. The zero-order valence-electron chi connectivity index (χ0n) is 11.4. The molecule has 2 rings (SSSR count). The zero-order chi connectivity index (χ0) is 15.4. The van der Waals surface area contributed by atoms with E-state index in [4.69, 9.17) is 5.73 Å². The molecule has 1 atom stereocenters. The van der Waals surface area contributed by atoms with Crippen molar-refractivity contribution in [1.29, 1.82) is 0 Å². The van der Waals surface area contributed by atoms with Crippen molar-refractivity contribution < 1.29 is 23.0 Å². The highest BCUT2D eigenvalue weighted by Crippen LogP contribution is 2.30. The minimum atomic E-state index is -2.95. The third-order valence-electron chi connectivity index (χ3n) is 3.14. The lowest BCUT2D eigenvalue weighted by atomic mass is 9.98. The van der Waals surface area contributed by atoms with Crippen LogP contribution < -0.4 is 10.5 Å². The van der Waals surface area contributed by atoms with Gasteiger partial charge in [0.25, 0.3) is 0 Å². The van der Waals surface area contributed by atoms with Gasteiger partial charge in [0, 0.05) is 12.0 Å². The molecule has 2 aromatic carbocycles. The van der Waals surface area contributed by atoms with Crippen LogP contribution in [-0.2, 0) is 16.0 Å². The Morgan fingerprint density at radius 1 is 1.24 bits per heavy atom. The van der Waals surface area contributed by atoms with E-state index in [2.05, 4.69) is 9.47 Å². The molecule has 2 aromatic rings. The minimum absolute atomic E-state index is 0.0167. The van der Waals surface area contributed by atoms with Gasteiger partial charge in [-0.2, -0.15) is 8.78 Å². The number of esters is 1. The second-order valence-corrected chi connectivity index (χ2v) is 4.48. The summed E-state index contributed by atoms with van der Waals surface area (Å²) in [4.78, 5) is 11.4. The molecule has 4 nitrogen and oxygen atoms in total. The molecule has 0 fully saturated rings. The molecule has 6 heteroatoms. The Bertz CT molecular complexity index is 646. The minimum Gasteiger partial charge on any atom is -0.468 e. The number of ether oxygens (including phenoxy) is 2. The van der Waals surface area contributed by atoms with Crippen molar-refractivity contribution in [1.82, 2.24) is 0 Å². The summed E-state index contributed by atoms with van der Waals surface area (Å²) >= 11 is 0. The third kappa shape index (κ3) is 3.46. The predicted molar refractivity (Wildman–Crippen MR) is 74.3 cm³/mol. The van der Waals surface area contributed by atoms with Crippen LogP contribution in [0, 0.1) is 0 Å². The molecule has 0 heterocycles. The molecule has 2 N–H and O–H groups in total. The van der Waals surface area contributed by atoms with Gasteiger partial charge in [-0.1, -0.05) is 30.3 Å². The molecule has 0 aromatic heterocycles. The summed E-state index contributed by atoms with van der Waals surface area (Å²) < 4.78 is 34.1. The molecular weight excluding hydrogens is 280 g/mol. The van der Waals surface area contributed by atoms with Crippen LogP contribution in [0.1, 0.15) is 5.56 Å². The van der Waals surface area contributed by atoms with Gasteiger partial charge in [0.15, 0.2) is 0 Å². The van der Waals surface area contributed by atoms with Gasteiger partial charge in [-0.15, -0.1) is 0 Å². The number of rotatable bonds is 5. The van der Waals surface area contributed by atoms with Gasteiger partial charge in [0.2, 0.25) is 0 Å². The average molecular weight is 295 g/mol. The Morgan fingerprint density at radius 2 is 1.95 bits per heavy atom. The first-order valence-corrected chi connectivity index (χ1v) is 6.31. The van der Waals surface area contributed by atoms with E-state index in [1.807, 2.05) is 12.1 Å². The maximum absolute atomic E-state index is 12.5. The monoisotopic (exact) mass is 295 g/mol. The van der Waals surface area contributed by atoms with Crippen molar-refractivity contribution >= 4 is 16.7 Å². The second kappa shape index (κ2) is 6.49. The molecule has 0 aliphatic carbocycles. The predicted octanol–water partition coefficient (Wildman–Crippen LogP) is 2.48. The van der Waals surface area contributed by atoms with Crippen LogP contribution in [0.25, 0.3) is 10.8 Å². The highest BCUT2D eigenvalue weighted by molar-refractivity contribution is 5.88. The van der Waals surface area contributed by atoms with Crippen LogP contribution in [-0.4, -0.2) is 25.7 Å². The molecule has 0 saturated heterocycles. The summed E-state index contributed by atoms with van der Waals surface area (Å²) in [6.45, 7) is -2.95. The number of hydrogen-bond donors (Lipinski definition) is 1. The number of halogens is 2. The van der Waals surface area contributed by atoms with Crippen molar-refractivity contribution in [2.45, 2.75) is 19.1 Å². The molecule has 0 spiro atoms. The van der Waals surface area contributed by atoms with E-state index in [0.717, 1.165) is 10.8 Å². The molecule has 21 heavy (non-hydrogen) atoms. The van der Waals surface area contributed by atoms with Crippen LogP contribution in [0.4, 0.5) is 8.78 Å². The fraction of sp³-hybridized carbons (Fsp3) is 0.267. The Balaban J connectivity index is 2.47. The number of hydrogen-bond acceptors (Lipinski definition) is 4. The van der Waals surface area contributed by atoms with E-state index >= 15 is 0 Å². The van der Waals surface area contributed by atoms with E-state index < -0.39 is 18.6 Å². The van der Waals surface area contributed by atoms with E-state index in [0.29, 0.717) is 5.56 Å². The van der Waals surface area contributed by atoms with Crippen molar-refractivity contribution in [3.63, 3.8) is 0 Å². The van der Waals surface area contributed by atoms with Crippen molar-refractivity contribution in [3.8, 4) is 5.75 Å². The Hall–Kier alpha value is -2.21. The standard InChI is InChI=1S/C15H15F2NO3/c1-20-14(19)12(18)8-11-10-5-3-2-4-9(10)6-7-13(11)21-15(16)17/h2-7,12,15H,8,18H2,1H3. The third-order valence-corrected chi connectivity index (χ3v) is 3.14. The van der Waals surface area contributed by atoms with Crippen LogP contribution in [0.3, 0.4) is 0 Å². The highest BCUT2D eigenvalue weighted by atomic mass is 19.3. The largest absolute Gasteiger partial charge is 0.468 e. The molecule has 0 saturated carbocycles. The van der Waals surface area contributed by atoms with Crippen LogP contribution in [0.2, 0.25) is 0 Å². The van der Waals surface area contributed by atoms with E-state index in [1.54, 1.807) is 18.2 Å². The number of carbonyl (C=O) groups excluding carboxylic acids is 1. The highest BCUT2D eigenvalue weighted by Gasteiger charge is 2.20.